The van der Waals surface area contributed by atoms with Crippen LogP contribution >= 0.6 is 11.3 Å². The molecule has 1 aliphatic rings. The number of halogens is 1. The van der Waals surface area contributed by atoms with Crippen LogP contribution in [0.4, 0.5) is 15.2 Å². The van der Waals surface area contributed by atoms with E-state index in [1.54, 1.807) is 22.4 Å². The van der Waals surface area contributed by atoms with Gasteiger partial charge in [0.1, 0.15) is 17.3 Å². The molecule has 154 valence electrons. The topological polar surface area (TPSA) is 80.8 Å². The van der Waals surface area contributed by atoms with Crippen molar-refractivity contribution in [2.24, 2.45) is 0 Å². The Hall–Kier alpha value is -3.46. The van der Waals surface area contributed by atoms with Crippen LogP contribution in [0.3, 0.4) is 0 Å². The largest absolute Gasteiger partial charge is 0.496 e. The van der Waals surface area contributed by atoms with Crippen molar-refractivity contribution in [1.82, 2.24) is 4.98 Å². The first-order chi connectivity index (χ1) is 14.5. The van der Waals surface area contributed by atoms with Gasteiger partial charge in [0, 0.05) is 23.9 Å². The van der Waals surface area contributed by atoms with E-state index >= 15 is 0 Å². The van der Waals surface area contributed by atoms with Crippen molar-refractivity contribution in [2.75, 3.05) is 30.5 Å². The zero-order valence-corrected chi connectivity index (χ0v) is 16.9. The van der Waals surface area contributed by atoms with Crippen LogP contribution in [0.25, 0.3) is 11.3 Å². The number of carbonyl (C=O) groups excluding carboxylic acids is 2. The standard InChI is InChI=1S/C21H18FN3O4S/c1-28-17-7-6-13(22)10-14(17)15-12-30-21(23-15)24-19(26)8-9-25-16-4-2-3-5-18(16)29-11-20(25)27/h2-7,10,12H,8-9,11H2,1H3,(H,23,24,26). The van der Waals surface area contributed by atoms with Crippen LogP contribution in [-0.2, 0) is 9.59 Å². The molecule has 0 atom stereocenters. The summed E-state index contributed by atoms with van der Waals surface area (Å²) in [5.41, 5.74) is 1.66. The molecule has 0 unspecified atom stereocenters. The van der Waals surface area contributed by atoms with E-state index in [1.165, 1.54) is 36.6 Å². The summed E-state index contributed by atoms with van der Waals surface area (Å²) in [5, 5.41) is 4.83. The van der Waals surface area contributed by atoms with E-state index in [4.69, 9.17) is 9.47 Å². The number of benzene rings is 2. The monoisotopic (exact) mass is 427 g/mol. The molecule has 0 aliphatic carbocycles. The molecule has 1 N–H and O–H groups in total. The van der Waals surface area contributed by atoms with Gasteiger partial charge in [0.05, 0.1) is 18.5 Å². The molecule has 4 rings (SSSR count). The Bertz CT molecular complexity index is 1100. The number of para-hydroxylation sites is 2. The predicted molar refractivity (Wildman–Crippen MR) is 112 cm³/mol. The van der Waals surface area contributed by atoms with E-state index in [1.807, 2.05) is 12.1 Å². The van der Waals surface area contributed by atoms with Gasteiger partial charge in [-0.1, -0.05) is 12.1 Å². The molecule has 7 nitrogen and oxygen atoms in total. The maximum Gasteiger partial charge on any atom is 0.265 e. The fourth-order valence-electron chi connectivity index (χ4n) is 3.13. The lowest BCUT2D eigenvalue weighted by molar-refractivity contribution is -0.121. The van der Waals surface area contributed by atoms with Crippen LogP contribution in [0, 0.1) is 5.82 Å². The molecule has 0 spiro atoms. The summed E-state index contributed by atoms with van der Waals surface area (Å²) < 4.78 is 24.3. The Labute approximate surface area is 176 Å². The summed E-state index contributed by atoms with van der Waals surface area (Å²) in [6, 6.07) is 11.4. The molecule has 0 fully saturated rings. The molecule has 30 heavy (non-hydrogen) atoms. The first kappa shape index (κ1) is 19.8. The molecule has 0 bridgehead atoms. The Balaban J connectivity index is 1.41. The molecule has 2 heterocycles. The second kappa shape index (κ2) is 8.50. The van der Waals surface area contributed by atoms with Gasteiger partial charge in [-0.3, -0.25) is 9.59 Å². The van der Waals surface area contributed by atoms with E-state index in [-0.39, 0.29) is 31.4 Å². The smallest absolute Gasteiger partial charge is 0.265 e. The van der Waals surface area contributed by atoms with Gasteiger partial charge in [-0.15, -0.1) is 11.3 Å². The quantitative estimate of drug-likeness (QED) is 0.649. The van der Waals surface area contributed by atoms with E-state index in [9.17, 15) is 14.0 Å². The van der Waals surface area contributed by atoms with Gasteiger partial charge in [-0.2, -0.15) is 0 Å². The number of rotatable bonds is 6. The lowest BCUT2D eigenvalue weighted by Crippen LogP contribution is -2.40. The van der Waals surface area contributed by atoms with Crippen molar-refractivity contribution in [3.63, 3.8) is 0 Å². The van der Waals surface area contributed by atoms with Crippen molar-refractivity contribution in [2.45, 2.75) is 6.42 Å². The zero-order chi connectivity index (χ0) is 21.1. The van der Waals surface area contributed by atoms with Gasteiger partial charge in [-0.05, 0) is 30.3 Å². The Morgan fingerprint density at radius 2 is 2.17 bits per heavy atom. The molecular formula is C21H18FN3O4S. The third-order valence-corrected chi connectivity index (χ3v) is 5.32. The Morgan fingerprint density at radius 1 is 1.33 bits per heavy atom. The molecule has 0 saturated heterocycles. The minimum absolute atomic E-state index is 0.0516. The summed E-state index contributed by atoms with van der Waals surface area (Å²) in [4.78, 5) is 30.5. The number of fused-ring (bicyclic) bond motifs is 1. The average Bonchev–Trinajstić information content (AvgIpc) is 3.21. The molecule has 1 aromatic heterocycles. The molecule has 1 aliphatic heterocycles. The van der Waals surface area contributed by atoms with Crippen molar-refractivity contribution in [3.8, 4) is 22.8 Å². The highest BCUT2D eigenvalue weighted by molar-refractivity contribution is 7.14. The van der Waals surface area contributed by atoms with Crippen molar-refractivity contribution >= 4 is 34.0 Å². The number of aromatic nitrogens is 1. The molecule has 0 saturated carbocycles. The summed E-state index contributed by atoms with van der Waals surface area (Å²) in [5.74, 6) is 0.227. The SMILES string of the molecule is COc1ccc(F)cc1-c1csc(NC(=O)CCN2C(=O)COc3ccccc32)n1. The van der Waals surface area contributed by atoms with Crippen LogP contribution in [0.5, 0.6) is 11.5 Å². The first-order valence-electron chi connectivity index (χ1n) is 9.16. The lowest BCUT2D eigenvalue weighted by atomic mass is 10.1. The van der Waals surface area contributed by atoms with Crippen LogP contribution in [0.15, 0.2) is 47.8 Å². The fraction of sp³-hybridized carbons (Fsp3) is 0.190. The van der Waals surface area contributed by atoms with Crippen LogP contribution in [0.1, 0.15) is 6.42 Å². The normalized spacial score (nSPS) is 12.9. The maximum atomic E-state index is 13.6. The highest BCUT2D eigenvalue weighted by Gasteiger charge is 2.25. The van der Waals surface area contributed by atoms with Crippen molar-refractivity contribution in [1.29, 1.82) is 0 Å². The number of methoxy groups -OCH3 is 1. The molecule has 2 aromatic carbocycles. The minimum Gasteiger partial charge on any atom is -0.496 e. The van der Waals surface area contributed by atoms with Gasteiger partial charge in [0.25, 0.3) is 5.91 Å². The highest BCUT2D eigenvalue weighted by Crippen LogP contribution is 2.33. The number of anilines is 2. The molecule has 9 heteroatoms. The summed E-state index contributed by atoms with van der Waals surface area (Å²) in [6.45, 7) is 0.172. The third kappa shape index (κ3) is 4.11. The third-order valence-electron chi connectivity index (χ3n) is 4.56. The number of carbonyl (C=O) groups is 2. The van der Waals surface area contributed by atoms with E-state index in [0.29, 0.717) is 33.6 Å². The number of hydrogen-bond donors (Lipinski definition) is 1. The number of nitrogens with one attached hydrogen (secondary N) is 1. The van der Waals surface area contributed by atoms with Crippen LogP contribution in [0.2, 0.25) is 0 Å². The summed E-state index contributed by atoms with van der Waals surface area (Å²) in [6.07, 6.45) is 0.0955. The highest BCUT2D eigenvalue weighted by atomic mass is 32.1. The van der Waals surface area contributed by atoms with Crippen LogP contribution < -0.4 is 19.7 Å². The van der Waals surface area contributed by atoms with Gasteiger partial charge in [-0.25, -0.2) is 9.37 Å². The average molecular weight is 427 g/mol. The number of ether oxygens (including phenoxy) is 2. The van der Waals surface area contributed by atoms with Gasteiger partial charge >= 0.3 is 0 Å². The predicted octanol–water partition coefficient (Wildman–Crippen LogP) is 3.71. The second-order valence-electron chi connectivity index (χ2n) is 6.48. The maximum absolute atomic E-state index is 13.6. The van der Waals surface area contributed by atoms with E-state index in [2.05, 4.69) is 10.3 Å². The zero-order valence-electron chi connectivity index (χ0n) is 16.1. The number of nitrogens with zero attached hydrogens (tertiary/aromatic N) is 2. The minimum atomic E-state index is -0.403. The summed E-state index contributed by atoms with van der Waals surface area (Å²) in [7, 11) is 1.50. The fourth-order valence-corrected chi connectivity index (χ4v) is 3.86. The lowest BCUT2D eigenvalue weighted by Gasteiger charge is -2.29. The van der Waals surface area contributed by atoms with Crippen molar-refractivity contribution < 1.29 is 23.5 Å². The van der Waals surface area contributed by atoms with Crippen molar-refractivity contribution in [3.05, 3.63) is 53.7 Å². The molecule has 2 amide bonds. The van der Waals surface area contributed by atoms with Crippen LogP contribution in [-0.4, -0.2) is 37.1 Å². The number of thiazole rings is 1. The van der Waals surface area contributed by atoms with E-state index in [0.717, 1.165) is 0 Å². The summed E-state index contributed by atoms with van der Waals surface area (Å²) >= 11 is 1.23. The second-order valence-corrected chi connectivity index (χ2v) is 7.34. The Morgan fingerprint density at radius 3 is 3.00 bits per heavy atom. The molecular weight excluding hydrogens is 409 g/mol. The molecule has 3 aromatic rings. The molecule has 0 radical (unpaired) electrons. The Kier molecular flexibility index (Phi) is 5.62. The van der Waals surface area contributed by atoms with Gasteiger partial charge in [0.2, 0.25) is 5.91 Å². The van der Waals surface area contributed by atoms with Gasteiger partial charge < -0.3 is 19.7 Å². The number of amides is 2. The van der Waals surface area contributed by atoms with E-state index < -0.39 is 5.82 Å². The van der Waals surface area contributed by atoms with Gasteiger partial charge in [0.15, 0.2) is 11.7 Å². The number of hydrogen-bond acceptors (Lipinski definition) is 6. The first-order valence-corrected chi connectivity index (χ1v) is 10.0.